The normalized spacial score (nSPS) is 10.6. The van der Waals surface area contributed by atoms with Crippen molar-refractivity contribution in [3.8, 4) is 22.6 Å². The van der Waals surface area contributed by atoms with Crippen LogP contribution in [0.4, 0.5) is 4.39 Å². The molecule has 2 nitrogen and oxygen atoms in total. The number of benzene rings is 2. The van der Waals surface area contributed by atoms with Gasteiger partial charge in [-0.05, 0) is 34.7 Å². The van der Waals surface area contributed by atoms with E-state index in [1.54, 1.807) is 12.1 Å². The van der Waals surface area contributed by atoms with Gasteiger partial charge in [0.1, 0.15) is 11.5 Å². The third kappa shape index (κ3) is 2.40. The second-order valence-corrected chi connectivity index (χ2v) is 5.20. The van der Waals surface area contributed by atoms with E-state index < -0.39 is 0 Å². The summed E-state index contributed by atoms with van der Waals surface area (Å²) in [6.07, 6.45) is 0. The molecule has 94 valence electrons. The van der Waals surface area contributed by atoms with E-state index in [9.17, 15) is 4.39 Å². The second-order valence-electron chi connectivity index (χ2n) is 4.04. The highest BCUT2D eigenvalue weighted by molar-refractivity contribution is 14.1. The van der Waals surface area contributed by atoms with Crippen LogP contribution in [0.2, 0.25) is 0 Å². The molecule has 2 aromatic carbocycles. The Morgan fingerprint density at radius 1 is 1.00 bits per heavy atom. The van der Waals surface area contributed by atoms with E-state index in [2.05, 4.69) is 27.7 Å². The standard InChI is InChI=1S/C15H9FINO/c16-11-7-4-8-12(17)15(11)13-9-14(19-18-13)10-5-2-1-3-6-10/h1-9H. The van der Waals surface area contributed by atoms with Crippen LogP contribution in [0.3, 0.4) is 0 Å². The molecule has 0 aliphatic rings. The van der Waals surface area contributed by atoms with Crippen molar-refractivity contribution in [1.29, 1.82) is 0 Å². The van der Waals surface area contributed by atoms with Crippen LogP contribution >= 0.6 is 22.6 Å². The number of aromatic nitrogens is 1. The number of halogens is 2. The van der Waals surface area contributed by atoms with Crippen LogP contribution in [0.1, 0.15) is 0 Å². The van der Waals surface area contributed by atoms with E-state index in [1.807, 2.05) is 36.4 Å². The molecule has 0 N–H and O–H groups in total. The minimum atomic E-state index is -0.292. The molecule has 0 amide bonds. The van der Waals surface area contributed by atoms with Gasteiger partial charge in [0, 0.05) is 15.2 Å². The molecule has 0 aliphatic heterocycles. The Balaban J connectivity index is 2.07. The SMILES string of the molecule is Fc1cccc(I)c1-c1cc(-c2ccccc2)on1. The summed E-state index contributed by atoms with van der Waals surface area (Å²) in [4.78, 5) is 0. The van der Waals surface area contributed by atoms with Gasteiger partial charge < -0.3 is 4.52 Å². The maximum Gasteiger partial charge on any atom is 0.167 e. The highest BCUT2D eigenvalue weighted by atomic mass is 127. The molecule has 0 saturated carbocycles. The van der Waals surface area contributed by atoms with Gasteiger partial charge in [-0.25, -0.2) is 4.39 Å². The van der Waals surface area contributed by atoms with Gasteiger partial charge in [0.15, 0.2) is 5.76 Å². The van der Waals surface area contributed by atoms with E-state index in [4.69, 9.17) is 4.52 Å². The maximum atomic E-state index is 13.9. The predicted octanol–water partition coefficient (Wildman–Crippen LogP) is 4.75. The second kappa shape index (κ2) is 5.13. The molecule has 1 heterocycles. The predicted molar refractivity (Wildman–Crippen MR) is 80.1 cm³/mol. The van der Waals surface area contributed by atoms with Gasteiger partial charge in [-0.3, -0.25) is 0 Å². The van der Waals surface area contributed by atoms with E-state index in [0.717, 1.165) is 9.13 Å². The van der Waals surface area contributed by atoms with Crippen LogP contribution in [0, 0.1) is 9.39 Å². The van der Waals surface area contributed by atoms with Crippen molar-refractivity contribution in [2.24, 2.45) is 0 Å². The molecule has 0 aliphatic carbocycles. The van der Waals surface area contributed by atoms with Gasteiger partial charge in [-0.1, -0.05) is 41.6 Å². The molecule has 0 unspecified atom stereocenters. The van der Waals surface area contributed by atoms with Crippen LogP contribution in [-0.4, -0.2) is 5.16 Å². The first-order chi connectivity index (χ1) is 9.25. The molecular formula is C15H9FINO. The first kappa shape index (κ1) is 12.3. The van der Waals surface area contributed by atoms with Gasteiger partial charge in [-0.15, -0.1) is 0 Å². The summed E-state index contributed by atoms with van der Waals surface area (Å²) in [6, 6.07) is 16.3. The van der Waals surface area contributed by atoms with Crippen molar-refractivity contribution in [2.45, 2.75) is 0 Å². The van der Waals surface area contributed by atoms with E-state index in [-0.39, 0.29) is 5.82 Å². The Morgan fingerprint density at radius 2 is 1.79 bits per heavy atom. The fourth-order valence-electron chi connectivity index (χ4n) is 1.87. The fourth-order valence-corrected chi connectivity index (χ4v) is 2.62. The zero-order chi connectivity index (χ0) is 13.2. The number of hydrogen-bond acceptors (Lipinski definition) is 2. The third-order valence-corrected chi connectivity index (χ3v) is 3.69. The summed E-state index contributed by atoms with van der Waals surface area (Å²) >= 11 is 2.09. The smallest absolute Gasteiger partial charge is 0.167 e. The van der Waals surface area contributed by atoms with E-state index in [0.29, 0.717) is 17.0 Å². The number of rotatable bonds is 2. The molecular weight excluding hydrogens is 356 g/mol. The van der Waals surface area contributed by atoms with Gasteiger partial charge in [0.2, 0.25) is 0 Å². The summed E-state index contributed by atoms with van der Waals surface area (Å²) in [5.41, 5.74) is 1.92. The molecule has 0 bridgehead atoms. The third-order valence-electron chi connectivity index (χ3n) is 2.79. The highest BCUT2D eigenvalue weighted by Crippen LogP contribution is 2.30. The van der Waals surface area contributed by atoms with Crippen molar-refractivity contribution in [2.75, 3.05) is 0 Å². The molecule has 1 aromatic heterocycles. The lowest BCUT2D eigenvalue weighted by molar-refractivity contribution is 0.434. The molecule has 19 heavy (non-hydrogen) atoms. The summed E-state index contributed by atoms with van der Waals surface area (Å²) in [7, 11) is 0. The lowest BCUT2D eigenvalue weighted by Crippen LogP contribution is -1.87. The Labute approximate surface area is 123 Å². The van der Waals surface area contributed by atoms with Gasteiger partial charge in [-0.2, -0.15) is 0 Å². The first-order valence-corrected chi connectivity index (χ1v) is 6.80. The monoisotopic (exact) mass is 365 g/mol. The van der Waals surface area contributed by atoms with Crippen LogP contribution < -0.4 is 0 Å². The molecule has 3 rings (SSSR count). The molecule has 0 atom stereocenters. The Morgan fingerprint density at radius 3 is 2.53 bits per heavy atom. The Kier molecular flexibility index (Phi) is 3.33. The van der Waals surface area contributed by atoms with Crippen molar-refractivity contribution >= 4 is 22.6 Å². The molecule has 0 spiro atoms. The van der Waals surface area contributed by atoms with Crippen molar-refractivity contribution in [1.82, 2.24) is 5.16 Å². The zero-order valence-corrected chi connectivity index (χ0v) is 12.0. The lowest BCUT2D eigenvalue weighted by Gasteiger charge is -2.00. The summed E-state index contributed by atoms with van der Waals surface area (Å²) in [5.74, 6) is 0.342. The number of nitrogens with zero attached hydrogens (tertiary/aromatic N) is 1. The summed E-state index contributed by atoms with van der Waals surface area (Å²) in [6.45, 7) is 0. The van der Waals surface area contributed by atoms with E-state index >= 15 is 0 Å². The van der Waals surface area contributed by atoms with Gasteiger partial charge in [0.05, 0.1) is 5.56 Å². The minimum absolute atomic E-state index is 0.292. The van der Waals surface area contributed by atoms with Gasteiger partial charge >= 0.3 is 0 Å². The van der Waals surface area contributed by atoms with Crippen LogP contribution in [0.15, 0.2) is 59.1 Å². The molecule has 0 saturated heterocycles. The fraction of sp³-hybridized carbons (Fsp3) is 0. The highest BCUT2D eigenvalue weighted by Gasteiger charge is 2.14. The number of hydrogen-bond donors (Lipinski definition) is 0. The van der Waals surface area contributed by atoms with Crippen LogP contribution in [0.5, 0.6) is 0 Å². The van der Waals surface area contributed by atoms with Crippen LogP contribution in [0.25, 0.3) is 22.6 Å². The van der Waals surface area contributed by atoms with Crippen LogP contribution in [-0.2, 0) is 0 Å². The summed E-state index contributed by atoms with van der Waals surface area (Å²) < 4.78 is 20.0. The Hall–Kier alpha value is -1.69. The van der Waals surface area contributed by atoms with Crippen molar-refractivity contribution < 1.29 is 8.91 Å². The minimum Gasteiger partial charge on any atom is -0.356 e. The zero-order valence-electron chi connectivity index (χ0n) is 9.81. The molecule has 3 aromatic rings. The molecule has 0 radical (unpaired) electrons. The lowest BCUT2D eigenvalue weighted by atomic mass is 10.1. The van der Waals surface area contributed by atoms with E-state index in [1.165, 1.54) is 6.07 Å². The maximum absolute atomic E-state index is 13.9. The average Bonchev–Trinajstić information content (AvgIpc) is 2.89. The van der Waals surface area contributed by atoms with Gasteiger partial charge in [0.25, 0.3) is 0 Å². The van der Waals surface area contributed by atoms with Crippen molar-refractivity contribution in [3.63, 3.8) is 0 Å². The molecule has 0 fully saturated rings. The topological polar surface area (TPSA) is 26.0 Å². The average molecular weight is 365 g/mol. The Bertz CT molecular complexity index is 689. The van der Waals surface area contributed by atoms with Crippen molar-refractivity contribution in [3.05, 3.63) is 64.0 Å². The first-order valence-electron chi connectivity index (χ1n) is 5.72. The molecule has 4 heteroatoms. The quantitative estimate of drug-likeness (QED) is 0.613. The largest absolute Gasteiger partial charge is 0.356 e. The summed E-state index contributed by atoms with van der Waals surface area (Å²) in [5, 5.41) is 3.96.